The molecule has 0 saturated carbocycles. The Morgan fingerprint density at radius 3 is 2.58 bits per heavy atom. The van der Waals surface area contributed by atoms with Crippen LogP contribution in [0.1, 0.15) is 27.2 Å². The third-order valence-corrected chi connectivity index (χ3v) is 3.66. The summed E-state index contributed by atoms with van der Waals surface area (Å²) in [5, 5.41) is 2.59. The van der Waals surface area contributed by atoms with Crippen molar-refractivity contribution >= 4 is 11.8 Å². The van der Waals surface area contributed by atoms with Crippen LogP contribution in [0.25, 0.3) is 0 Å². The van der Waals surface area contributed by atoms with E-state index in [-0.39, 0.29) is 36.4 Å². The topological polar surface area (TPSA) is 84.7 Å². The monoisotopic (exact) mass is 271 g/mol. The molecule has 6 nitrogen and oxygen atoms in total. The summed E-state index contributed by atoms with van der Waals surface area (Å²) in [6, 6.07) is -0.491. The quantitative estimate of drug-likeness (QED) is 0.720. The zero-order valence-electron chi connectivity index (χ0n) is 12.2. The molecule has 110 valence electrons. The molecule has 0 radical (unpaired) electrons. The maximum Gasteiger partial charge on any atom is 0.242 e. The van der Waals surface area contributed by atoms with Crippen LogP contribution in [0.3, 0.4) is 0 Å². The van der Waals surface area contributed by atoms with Gasteiger partial charge in [-0.05, 0) is 19.3 Å². The number of nitrogens with one attached hydrogen (secondary N) is 1. The highest BCUT2D eigenvalue weighted by molar-refractivity contribution is 5.87. The lowest BCUT2D eigenvalue weighted by atomic mass is 10.1. The smallest absolute Gasteiger partial charge is 0.242 e. The van der Waals surface area contributed by atoms with E-state index in [9.17, 15) is 9.59 Å². The van der Waals surface area contributed by atoms with E-state index in [1.165, 1.54) is 0 Å². The van der Waals surface area contributed by atoms with Gasteiger partial charge in [-0.2, -0.15) is 0 Å². The van der Waals surface area contributed by atoms with Crippen molar-refractivity contribution in [1.29, 1.82) is 0 Å². The number of likely N-dealkylation sites (N-methyl/N-ethyl adjacent to an activating group) is 1. The summed E-state index contributed by atoms with van der Waals surface area (Å²) in [7, 11) is 1.74. The molecule has 19 heavy (non-hydrogen) atoms. The van der Waals surface area contributed by atoms with Crippen LogP contribution in [0.5, 0.6) is 0 Å². The Hall–Kier alpha value is -1.14. The van der Waals surface area contributed by atoms with E-state index in [1.807, 2.05) is 20.8 Å². The van der Waals surface area contributed by atoms with E-state index in [0.717, 1.165) is 6.42 Å². The number of carbonyl (C=O) groups excluding carboxylic acids is 2. The predicted molar refractivity (Wildman–Crippen MR) is 72.4 cm³/mol. The van der Waals surface area contributed by atoms with Crippen LogP contribution in [0.2, 0.25) is 0 Å². The maximum atomic E-state index is 12.0. The summed E-state index contributed by atoms with van der Waals surface area (Å²) < 4.78 is 5.43. The summed E-state index contributed by atoms with van der Waals surface area (Å²) in [6.45, 7) is 6.35. The highest BCUT2D eigenvalue weighted by Crippen LogP contribution is 2.17. The number of carbonyl (C=O) groups is 2. The number of amides is 2. The van der Waals surface area contributed by atoms with Gasteiger partial charge in [0, 0.05) is 13.7 Å². The second-order valence-electron chi connectivity index (χ2n) is 5.42. The molecule has 1 aliphatic rings. The molecule has 1 saturated heterocycles. The van der Waals surface area contributed by atoms with Crippen molar-refractivity contribution in [3.63, 3.8) is 0 Å². The second-order valence-corrected chi connectivity index (χ2v) is 5.42. The van der Waals surface area contributed by atoms with Gasteiger partial charge in [-0.15, -0.1) is 0 Å². The van der Waals surface area contributed by atoms with Crippen molar-refractivity contribution in [2.45, 2.75) is 45.4 Å². The van der Waals surface area contributed by atoms with Gasteiger partial charge >= 0.3 is 0 Å². The molecular weight excluding hydrogens is 246 g/mol. The average molecular weight is 271 g/mol. The minimum absolute atomic E-state index is 0.0149. The van der Waals surface area contributed by atoms with Crippen LogP contribution < -0.4 is 11.1 Å². The zero-order valence-corrected chi connectivity index (χ0v) is 12.2. The molecule has 0 spiro atoms. The minimum Gasteiger partial charge on any atom is -0.376 e. The van der Waals surface area contributed by atoms with Crippen LogP contribution in [0, 0.1) is 5.92 Å². The van der Waals surface area contributed by atoms with Crippen LogP contribution >= 0.6 is 0 Å². The first-order valence-corrected chi connectivity index (χ1v) is 6.75. The molecule has 0 bridgehead atoms. The summed E-state index contributed by atoms with van der Waals surface area (Å²) in [6.07, 6.45) is 0.880. The fraction of sp³-hybridized carbons (Fsp3) is 0.846. The first-order valence-electron chi connectivity index (χ1n) is 6.75. The van der Waals surface area contributed by atoms with Crippen LogP contribution in [0.4, 0.5) is 0 Å². The predicted octanol–water partition coefficient (Wildman–Crippen LogP) is -0.278. The minimum atomic E-state index is -0.577. The molecule has 0 aromatic carbocycles. The summed E-state index contributed by atoms with van der Waals surface area (Å²) in [5.74, 6) is -0.352. The number of ether oxygens (including phenoxy) is 1. The third kappa shape index (κ3) is 4.18. The molecule has 1 rings (SSSR count). The lowest BCUT2D eigenvalue weighted by molar-refractivity contribution is -0.134. The van der Waals surface area contributed by atoms with Gasteiger partial charge in [-0.3, -0.25) is 9.59 Å². The van der Waals surface area contributed by atoms with Gasteiger partial charge in [-0.1, -0.05) is 13.8 Å². The number of nitrogens with zero attached hydrogens (tertiary/aromatic N) is 1. The highest BCUT2D eigenvalue weighted by Gasteiger charge is 2.30. The van der Waals surface area contributed by atoms with Crippen molar-refractivity contribution in [2.24, 2.45) is 11.7 Å². The Morgan fingerprint density at radius 1 is 1.47 bits per heavy atom. The van der Waals surface area contributed by atoms with Crippen LogP contribution in [-0.2, 0) is 14.3 Å². The molecule has 0 aromatic heterocycles. The molecular formula is C13H25N3O3. The van der Waals surface area contributed by atoms with Gasteiger partial charge in [0.05, 0.1) is 24.7 Å². The van der Waals surface area contributed by atoms with Crippen molar-refractivity contribution in [3.05, 3.63) is 0 Å². The van der Waals surface area contributed by atoms with E-state index in [2.05, 4.69) is 5.32 Å². The second kappa shape index (κ2) is 6.86. The summed E-state index contributed by atoms with van der Waals surface area (Å²) >= 11 is 0. The third-order valence-electron chi connectivity index (χ3n) is 3.66. The molecule has 2 unspecified atom stereocenters. The molecule has 3 atom stereocenters. The molecule has 1 fully saturated rings. The number of nitrogens with two attached hydrogens (primary N) is 1. The lowest BCUT2D eigenvalue weighted by Crippen LogP contribution is -2.49. The van der Waals surface area contributed by atoms with Gasteiger partial charge in [0.15, 0.2) is 0 Å². The van der Waals surface area contributed by atoms with Crippen LogP contribution in [-0.4, -0.2) is 55.1 Å². The number of hydrogen-bond donors (Lipinski definition) is 2. The molecule has 6 heteroatoms. The molecule has 0 aliphatic carbocycles. The van der Waals surface area contributed by atoms with Crippen molar-refractivity contribution in [2.75, 3.05) is 20.2 Å². The van der Waals surface area contributed by atoms with Gasteiger partial charge in [-0.25, -0.2) is 0 Å². The number of hydrogen-bond acceptors (Lipinski definition) is 4. The fourth-order valence-electron chi connectivity index (χ4n) is 2.12. The molecule has 1 heterocycles. The largest absolute Gasteiger partial charge is 0.376 e. The highest BCUT2D eigenvalue weighted by atomic mass is 16.5. The standard InChI is InChI=1S/C13H25N3O3/c1-8(2)12(14)13(18)15-7-11(17)16(4)10-5-6-19-9(10)3/h8-10,12H,5-7,14H2,1-4H3,(H,15,18)/t9?,10?,12-/m0/s1. The van der Waals surface area contributed by atoms with E-state index in [0.29, 0.717) is 6.61 Å². The normalized spacial score (nSPS) is 24.3. The van der Waals surface area contributed by atoms with Gasteiger partial charge in [0.25, 0.3) is 0 Å². The van der Waals surface area contributed by atoms with Crippen molar-refractivity contribution < 1.29 is 14.3 Å². The number of rotatable bonds is 5. The molecule has 0 aromatic rings. The van der Waals surface area contributed by atoms with Crippen molar-refractivity contribution in [3.8, 4) is 0 Å². The Kier molecular flexibility index (Phi) is 5.75. The summed E-state index contributed by atoms with van der Waals surface area (Å²) in [5.41, 5.74) is 5.71. The SMILES string of the molecule is CC1OCCC1N(C)C(=O)CNC(=O)[C@@H](N)C(C)C. The summed E-state index contributed by atoms with van der Waals surface area (Å²) in [4.78, 5) is 25.3. The maximum absolute atomic E-state index is 12.0. The van der Waals surface area contributed by atoms with E-state index in [4.69, 9.17) is 10.5 Å². The fourth-order valence-corrected chi connectivity index (χ4v) is 2.12. The van der Waals surface area contributed by atoms with E-state index < -0.39 is 6.04 Å². The van der Waals surface area contributed by atoms with E-state index >= 15 is 0 Å². The first kappa shape index (κ1) is 15.9. The lowest BCUT2D eigenvalue weighted by Gasteiger charge is -2.27. The Bertz CT molecular complexity index is 333. The molecule has 3 N–H and O–H groups in total. The first-order chi connectivity index (χ1) is 8.84. The Labute approximate surface area is 114 Å². The Morgan fingerprint density at radius 2 is 2.11 bits per heavy atom. The molecule has 1 aliphatic heterocycles. The molecule has 2 amide bonds. The van der Waals surface area contributed by atoms with Gasteiger partial charge < -0.3 is 20.7 Å². The zero-order chi connectivity index (χ0) is 14.6. The van der Waals surface area contributed by atoms with Gasteiger partial charge in [0.2, 0.25) is 11.8 Å². The van der Waals surface area contributed by atoms with Crippen molar-refractivity contribution in [1.82, 2.24) is 10.2 Å². The van der Waals surface area contributed by atoms with E-state index in [1.54, 1.807) is 11.9 Å². The van der Waals surface area contributed by atoms with Gasteiger partial charge in [0.1, 0.15) is 0 Å². The Balaban J connectivity index is 2.40. The van der Waals surface area contributed by atoms with Crippen LogP contribution in [0.15, 0.2) is 0 Å². The average Bonchev–Trinajstić information content (AvgIpc) is 2.79.